The molecule has 104 valence electrons. The second kappa shape index (κ2) is 8.66. The van der Waals surface area contributed by atoms with Gasteiger partial charge in [-0.2, -0.15) is 5.26 Å². The van der Waals surface area contributed by atoms with Crippen molar-refractivity contribution < 1.29 is 8.95 Å². The molecule has 0 heterocycles. The van der Waals surface area contributed by atoms with Crippen LogP contribution in [-0.4, -0.2) is 28.9 Å². The minimum atomic E-state index is -0.865. The van der Waals surface area contributed by atoms with Crippen LogP contribution in [0.4, 0.5) is 0 Å². The second-order valence-electron chi connectivity index (χ2n) is 5.17. The third-order valence-corrected chi connectivity index (χ3v) is 5.68. The van der Waals surface area contributed by atoms with Gasteiger partial charge in [-0.3, -0.25) is 4.21 Å². The predicted molar refractivity (Wildman–Crippen MR) is 74.6 cm³/mol. The quantitative estimate of drug-likeness (QED) is 0.669. The highest BCUT2D eigenvalue weighted by Gasteiger charge is 2.33. The fourth-order valence-electron chi connectivity index (χ4n) is 2.82. The summed E-state index contributed by atoms with van der Waals surface area (Å²) in [5.41, 5.74) is 0. The zero-order valence-corrected chi connectivity index (χ0v) is 12.4. The lowest BCUT2D eigenvalue weighted by molar-refractivity contribution is 0.199. The van der Waals surface area contributed by atoms with Crippen molar-refractivity contribution in [2.45, 2.75) is 50.7 Å². The largest absolute Gasteiger partial charge is 0.385 e. The van der Waals surface area contributed by atoms with Crippen molar-refractivity contribution in [3.63, 3.8) is 0 Å². The first-order chi connectivity index (χ1) is 8.72. The molecule has 0 amide bonds. The molecule has 0 aromatic rings. The summed E-state index contributed by atoms with van der Waals surface area (Å²) < 4.78 is 17.3. The normalized spacial score (nSPS) is 29.7. The fraction of sp³-hybridized carbons (Fsp3) is 0.929. The van der Waals surface area contributed by atoms with Gasteiger partial charge < -0.3 is 4.74 Å². The summed E-state index contributed by atoms with van der Waals surface area (Å²) in [5.74, 6) is 1.35. The molecule has 0 aromatic carbocycles. The molecule has 4 atom stereocenters. The number of rotatable bonds is 7. The van der Waals surface area contributed by atoms with E-state index in [-0.39, 0.29) is 11.2 Å². The molecular weight excluding hydrogens is 246 g/mol. The molecule has 0 saturated heterocycles. The van der Waals surface area contributed by atoms with Crippen LogP contribution in [-0.2, 0) is 15.5 Å². The van der Waals surface area contributed by atoms with E-state index >= 15 is 0 Å². The zero-order chi connectivity index (χ0) is 13.4. The average molecular weight is 271 g/mol. The van der Waals surface area contributed by atoms with Gasteiger partial charge in [-0.25, -0.2) is 0 Å². The van der Waals surface area contributed by atoms with Crippen molar-refractivity contribution >= 4 is 10.8 Å². The average Bonchev–Trinajstić information content (AvgIpc) is 2.39. The van der Waals surface area contributed by atoms with E-state index in [4.69, 9.17) is 4.74 Å². The number of methoxy groups -OCH3 is 1. The van der Waals surface area contributed by atoms with Crippen LogP contribution in [0.15, 0.2) is 0 Å². The van der Waals surface area contributed by atoms with Gasteiger partial charge in [0.2, 0.25) is 0 Å². The van der Waals surface area contributed by atoms with Gasteiger partial charge in [-0.05, 0) is 31.6 Å². The van der Waals surface area contributed by atoms with Crippen LogP contribution in [0.3, 0.4) is 0 Å². The first kappa shape index (κ1) is 15.7. The fourth-order valence-corrected chi connectivity index (χ4v) is 4.57. The highest BCUT2D eigenvalue weighted by atomic mass is 32.2. The Morgan fingerprint density at radius 3 is 2.83 bits per heavy atom. The van der Waals surface area contributed by atoms with E-state index in [1.54, 1.807) is 7.11 Å². The second-order valence-corrected chi connectivity index (χ2v) is 6.95. The lowest BCUT2D eigenvalue weighted by atomic mass is 9.80. The molecule has 1 fully saturated rings. The van der Waals surface area contributed by atoms with Gasteiger partial charge in [0.05, 0.1) is 17.2 Å². The van der Waals surface area contributed by atoms with E-state index in [0.29, 0.717) is 18.3 Å². The Labute approximate surface area is 113 Å². The highest BCUT2D eigenvalue weighted by Crippen LogP contribution is 2.34. The Hall–Kier alpha value is -0.400. The van der Waals surface area contributed by atoms with Crippen molar-refractivity contribution in [2.75, 3.05) is 19.5 Å². The summed E-state index contributed by atoms with van der Waals surface area (Å²) in [7, 11) is 0.801. The maximum Gasteiger partial charge on any atom is 0.0668 e. The molecule has 0 aromatic heterocycles. The summed E-state index contributed by atoms with van der Waals surface area (Å²) in [6, 6.07) is 2.36. The Bertz CT molecular complexity index is 301. The third kappa shape index (κ3) is 4.70. The van der Waals surface area contributed by atoms with Gasteiger partial charge in [-0.1, -0.05) is 19.8 Å². The number of hydrogen-bond acceptors (Lipinski definition) is 3. The zero-order valence-electron chi connectivity index (χ0n) is 11.6. The molecule has 1 aliphatic rings. The molecule has 0 radical (unpaired) electrons. The molecule has 4 heteroatoms. The summed E-state index contributed by atoms with van der Waals surface area (Å²) in [5, 5.41) is 9.28. The molecule has 18 heavy (non-hydrogen) atoms. The van der Waals surface area contributed by atoms with Gasteiger partial charge >= 0.3 is 0 Å². The van der Waals surface area contributed by atoms with Crippen molar-refractivity contribution in [2.24, 2.45) is 11.8 Å². The molecule has 0 spiro atoms. The van der Waals surface area contributed by atoms with Crippen LogP contribution in [0, 0.1) is 23.2 Å². The van der Waals surface area contributed by atoms with Gasteiger partial charge in [0, 0.05) is 30.3 Å². The van der Waals surface area contributed by atoms with E-state index in [1.165, 1.54) is 12.8 Å². The minimum absolute atomic E-state index is 0.00137. The summed E-state index contributed by atoms with van der Waals surface area (Å²) in [6.07, 6.45) is 6.27. The number of hydrogen-bond donors (Lipinski definition) is 0. The Morgan fingerprint density at radius 2 is 2.22 bits per heavy atom. The van der Waals surface area contributed by atoms with E-state index in [2.05, 4.69) is 13.0 Å². The maximum atomic E-state index is 12.3. The predicted octanol–water partition coefficient (Wildman–Crippen LogP) is 2.88. The molecular formula is C14H25NO2S. The lowest BCUT2D eigenvalue weighted by Crippen LogP contribution is -2.33. The van der Waals surface area contributed by atoms with Gasteiger partial charge in [0.1, 0.15) is 0 Å². The molecule has 0 aliphatic heterocycles. The van der Waals surface area contributed by atoms with Crippen LogP contribution in [0.5, 0.6) is 0 Å². The molecule has 4 unspecified atom stereocenters. The Morgan fingerprint density at radius 1 is 1.44 bits per heavy atom. The standard InChI is InChI=1S/C14H25NO2S/c1-3-5-12-6-7-13(11-15)14(10-12)18(16)9-4-8-17-2/h12-14H,3-10H2,1-2H3. The minimum Gasteiger partial charge on any atom is -0.385 e. The highest BCUT2D eigenvalue weighted by molar-refractivity contribution is 7.85. The van der Waals surface area contributed by atoms with E-state index in [9.17, 15) is 9.47 Å². The number of nitrogens with zero attached hydrogens (tertiary/aromatic N) is 1. The molecule has 1 rings (SSSR count). The SMILES string of the molecule is CCCC1CCC(C#N)C(S(=O)CCCOC)C1. The van der Waals surface area contributed by atoms with E-state index in [0.717, 1.165) is 25.7 Å². The Balaban J connectivity index is 2.51. The van der Waals surface area contributed by atoms with Crippen molar-refractivity contribution in [3.8, 4) is 6.07 Å². The molecule has 0 N–H and O–H groups in total. The van der Waals surface area contributed by atoms with Crippen molar-refractivity contribution in [1.29, 1.82) is 5.26 Å². The monoisotopic (exact) mass is 271 g/mol. The first-order valence-electron chi connectivity index (χ1n) is 6.98. The van der Waals surface area contributed by atoms with Crippen LogP contribution < -0.4 is 0 Å². The third-order valence-electron chi connectivity index (χ3n) is 3.79. The van der Waals surface area contributed by atoms with Gasteiger partial charge in [0.25, 0.3) is 0 Å². The van der Waals surface area contributed by atoms with Crippen LogP contribution >= 0.6 is 0 Å². The molecule has 0 bridgehead atoms. The number of nitriles is 1. The summed E-state index contributed by atoms with van der Waals surface area (Å²) >= 11 is 0. The lowest BCUT2D eigenvalue weighted by Gasteiger charge is -2.32. The number of ether oxygens (including phenoxy) is 1. The molecule has 3 nitrogen and oxygen atoms in total. The maximum absolute atomic E-state index is 12.3. The Kier molecular flexibility index (Phi) is 7.53. The first-order valence-corrected chi connectivity index (χ1v) is 8.36. The molecule has 1 aliphatic carbocycles. The molecule has 1 saturated carbocycles. The van der Waals surface area contributed by atoms with Crippen LogP contribution in [0.25, 0.3) is 0 Å². The smallest absolute Gasteiger partial charge is 0.0668 e. The van der Waals surface area contributed by atoms with Crippen LogP contribution in [0.1, 0.15) is 45.4 Å². The summed E-state index contributed by atoms with van der Waals surface area (Å²) in [4.78, 5) is 0. The summed E-state index contributed by atoms with van der Waals surface area (Å²) in [6.45, 7) is 2.86. The van der Waals surface area contributed by atoms with Crippen molar-refractivity contribution in [1.82, 2.24) is 0 Å². The van der Waals surface area contributed by atoms with Gasteiger partial charge in [-0.15, -0.1) is 0 Å². The van der Waals surface area contributed by atoms with Crippen molar-refractivity contribution in [3.05, 3.63) is 0 Å². The van der Waals surface area contributed by atoms with E-state index in [1.807, 2.05) is 0 Å². The van der Waals surface area contributed by atoms with Crippen LogP contribution in [0.2, 0.25) is 0 Å². The van der Waals surface area contributed by atoms with Gasteiger partial charge in [0.15, 0.2) is 0 Å². The van der Waals surface area contributed by atoms with E-state index < -0.39 is 10.8 Å². The topological polar surface area (TPSA) is 50.1 Å².